The molecule has 98 valence electrons. The molecule has 1 aliphatic rings. The Morgan fingerprint density at radius 1 is 1.61 bits per heavy atom. The zero-order valence-electron chi connectivity index (χ0n) is 10.9. The predicted octanol–water partition coefficient (Wildman–Crippen LogP) is 1.30. The second-order valence-corrected chi connectivity index (χ2v) is 4.60. The highest BCUT2D eigenvalue weighted by Crippen LogP contribution is 2.20. The van der Waals surface area contributed by atoms with Gasteiger partial charge in [-0.2, -0.15) is 0 Å². The van der Waals surface area contributed by atoms with Crippen LogP contribution in [0, 0.1) is 0 Å². The SMILES string of the molecule is CCC1NC=CN1C(=O)c1ncn(C(C)C)c1N. The second-order valence-electron chi connectivity index (χ2n) is 4.60. The van der Waals surface area contributed by atoms with Crippen LogP contribution in [0.1, 0.15) is 43.7 Å². The van der Waals surface area contributed by atoms with Crippen LogP contribution in [0.3, 0.4) is 0 Å². The number of imidazole rings is 1. The fraction of sp³-hybridized carbons (Fsp3) is 0.500. The van der Waals surface area contributed by atoms with Crippen LogP contribution in [-0.2, 0) is 0 Å². The number of nitrogens with two attached hydrogens (primary N) is 1. The molecule has 0 aliphatic carbocycles. The molecule has 1 aromatic rings. The van der Waals surface area contributed by atoms with Gasteiger partial charge in [-0.05, 0) is 20.3 Å². The minimum absolute atomic E-state index is 0.0129. The average Bonchev–Trinajstić information content (AvgIpc) is 2.93. The molecule has 0 fully saturated rings. The number of anilines is 1. The normalized spacial score (nSPS) is 18.4. The second kappa shape index (κ2) is 4.72. The third kappa shape index (κ3) is 1.94. The molecule has 0 radical (unpaired) electrons. The van der Waals surface area contributed by atoms with Crippen molar-refractivity contribution in [3.8, 4) is 0 Å². The number of nitrogen functional groups attached to an aromatic ring is 1. The molecule has 18 heavy (non-hydrogen) atoms. The average molecular weight is 249 g/mol. The highest BCUT2D eigenvalue weighted by molar-refractivity contribution is 5.97. The lowest BCUT2D eigenvalue weighted by Crippen LogP contribution is -2.39. The summed E-state index contributed by atoms with van der Waals surface area (Å²) in [6.45, 7) is 6.01. The third-order valence-corrected chi connectivity index (χ3v) is 3.07. The summed E-state index contributed by atoms with van der Waals surface area (Å²) in [7, 11) is 0. The Hall–Kier alpha value is -1.98. The molecule has 0 aromatic carbocycles. The van der Waals surface area contributed by atoms with Crippen molar-refractivity contribution in [2.45, 2.75) is 39.4 Å². The summed E-state index contributed by atoms with van der Waals surface area (Å²) in [5.41, 5.74) is 6.28. The molecular formula is C12H19N5O. The number of hydrogen-bond acceptors (Lipinski definition) is 4. The molecule has 1 aliphatic heterocycles. The summed E-state index contributed by atoms with van der Waals surface area (Å²) in [6, 6.07) is 0.188. The van der Waals surface area contributed by atoms with E-state index in [1.165, 1.54) is 0 Å². The van der Waals surface area contributed by atoms with E-state index >= 15 is 0 Å². The van der Waals surface area contributed by atoms with Crippen molar-refractivity contribution in [3.05, 3.63) is 24.4 Å². The van der Waals surface area contributed by atoms with Gasteiger partial charge < -0.3 is 15.6 Å². The van der Waals surface area contributed by atoms with Gasteiger partial charge in [-0.15, -0.1) is 0 Å². The van der Waals surface area contributed by atoms with Crippen molar-refractivity contribution in [3.63, 3.8) is 0 Å². The van der Waals surface area contributed by atoms with E-state index in [2.05, 4.69) is 10.3 Å². The molecule has 0 spiro atoms. The van der Waals surface area contributed by atoms with Crippen LogP contribution in [0.5, 0.6) is 0 Å². The van der Waals surface area contributed by atoms with Gasteiger partial charge in [-0.1, -0.05) is 6.92 Å². The number of nitrogens with zero attached hydrogens (tertiary/aromatic N) is 3. The molecule has 1 unspecified atom stereocenters. The van der Waals surface area contributed by atoms with E-state index in [1.54, 1.807) is 28.2 Å². The topological polar surface area (TPSA) is 76.2 Å². The summed E-state index contributed by atoms with van der Waals surface area (Å²) in [4.78, 5) is 18.1. The predicted molar refractivity (Wildman–Crippen MR) is 69.5 cm³/mol. The Labute approximate surface area is 106 Å². The van der Waals surface area contributed by atoms with Crippen LogP contribution in [0.2, 0.25) is 0 Å². The molecule has 0 saturated heterocycles. The van der Waals surface area contributed by atoms with Crippen molar-refractivity contribution in [2.24, 2.45) is 0 Å². The van der Waals surface area contributed by atoms with E-state index in [0.29, 0.717) is 11.5 Å². The van der Waals surface area contributed by atoms with Crippen molar-refractivity contribution >= 4 is 11.7 Å². The van der Waals surface area contributed by atoms with Crippen LogP contribution in [0.25, 0.3) is 0 Å². The van der Waals surface area contributed by atoms with Crippen LogP contribution < -0.4 is 11.1 Å². The summed E-state index contributed by atoms with van der Waals surface area (Å²) in [6.07, 6.45) is 5.91. The highest BCUT2D eigenvalue weighted by atomic mass is 16.2. The number of hydrogen-bond donors (Lipinski definition) is 2. The maximum absolute atomic E-state index is 12.4. The standard InChI is InChI=1S/C12H19N5O/c1-4-9-14-5-6-16(9)12(18)10-11(13)17(7-15-10)8(2)3/h5-9,14H,4,13H2,1-3H3. The van der Waals surface area contributed by atoms with E-state index in [0.717, 1.165) is 6.42 Å². The van der Waals surface area contributed by atoms with Crippen molar-refractivity contribution in [2.75, 3.05) is 5.73 Å². The first-order valence-electron chi connectivity index (χ1n) is 6.14. The number of carbonyl (C=O) groups is 1. The van der Waals surface area contributed by atoms with E-state index in [1.807, 2.05) is 20.8 Å². The van der Waals surface area contributed by atoms with Gasteiger partial charge >= 0.3 is 0 Å². The molecule has 0 saturated carbocycles. The molecule has 1 atom stereocenters. The molecular weight excluding hydrogens is 230 g/mol. The largest absolute Gasteiger partial charge is 0.383 e. The summed E-state index contributed by atoms with van der Waals surface area (Å²) >= 11 is 0. The Morgan fingerprint density at radius 2 is 2.33 bits per heavy atom. The van der Waals surface area contributed by atoms with Crippen molar-refractivity contribution in [1.29, 1.82) is 0 Å². The van der Waals surface area contributed by atoms with Crippen LogP contribution in [0.4, 0.5) is 5.82 Å². The number of amides is 1. The van der Waals surface area contributed by atoms with Gasteiger partial charge in [-0.25, -0.2) is 4.98 Å². The first-order valence-corrected chi connectivity index (χ1v) is 6.14. The van der Waals surface area contributed by atoms with Crippen LogP contribution in [-0.4, -0.2) is 26.5 Å². The molecule has 0 bridgehead atoms. The Balaban J connectivity index is 2.26. The summed E-state index contributed by atoms with van der Waals surface area (Å²) in [5, 5.41) is 3.11. The lowest BCUT2D eigenvalue weighted by Gasteiger charge is -2.22. The van der Waals surface area contributed by atoms with Gasteiger partial charge in [0.05, 0.1) is 6.33 Å². The molecule has 1 amide bonds. The van der Waals surface area contributed by atoms with Crippen molar-refractivity contribution < 1.29 is 4.79 Å². The van der Waals surface area contributed by atoms with Crippen LogP contribution in [0.15, 0.2) is 18.7 Å². The number of nitrogens with one attached hydrogen (secondary N) is 1. The molecule has 3 N–H and O–H groups in total. The van der Waals surface area contributed by atoms with E-state index in [-0.39, 0.29) is 18.1 Å². The third-order valence-electron chi connectivity index (χ3n) is 3.07. The van der Waals surface area contributed by atoms with Gasteiger partial charge in [0.25, 0.3) is 5.91 Å². The molecule has 1 aromatic heterocycles. The van der Waals surface area contributed by atoms with Gasteiger partial charge in [0.15, 0.2) is 5.69 Å². The van der Waals surface area contributed by atoms with Gasteiger partial charge in [0.1, 0.15) is 12.0 Å². The lowest BCUT2D eigenvalue weighted by molar-refractivity contribution is 0.0767. The minimum Gasteiger partial charge on any atom is -0.383 e. The molecule has 6 nitrogen and oxygen atoms in total. The molecule has 2 rings (SSSR count). The molecule has 2 heterocycles. The monoisotopic (exact) mass is 249 g/mol. The van der Waals surface area contributed by atoms with E-state index < -0.39 is 0 Å². The lowest BCUT2D eigenvalue weighted by atomic mass is 10.3. The zero-order valence-corrected chi connectivity index (χ0v) is 10.9. The minimum atomic E-state index is -0.167. The zero-order chi connectivity index (χ0) is 13.3. The maximum Gasteiger partial charge on any atom is 0.281 e. The quantitative estimate of drug-likeness (QED) is 0.846. The van der Waals surface area contributed by atoms with Gasteiger partial charge in [-0.3, -0.25) is 9.69 Å². The Morgan fingerprint density at radius 3 is 2.89 bits per heavy atom. The fourth-order valence-corrected chi connectivity index (χ4v) is 2.01. The summed E-state index contributed by atoms with van der Waals surface area (Å²) < 4.78 is 1.79. The number of carbonyl (C=O) groups excluding carboxylic acids is 1. The first kappa shape index (κ1) is 12.5. The van der Waals surface area contributed by atoms with E-state index in [4.69, 9.17) is 5.73 Å². The number of aromatic nitrogens is 2. The van der Waals surface area contributed by atoms with E-state index in [9.17, 15) is 4.79 Å². The molecule has 6 heteroatoms. The number of rotatable bonds is 3. The highest BCUT2D eigenvalue weighted by Gasteiger charge is 2.28. The summed E-state index contributed by atoms with van der Waals surface area (Å²) in [5.74, 6) is 0.255. The Bertz CT molecular complexity index is 477. The first-order chi connectivity index (χ1) is 8.56. The smallest absolute Gasteiger partial charge is 0.281 e. The fourth-order valence-electron chi connectivity index (χ4n) is 2.01. The Kier molecular flexibility index (Phi) is 3.27. The van der Waals surface area contributed by atoms with Crippen molar-refractivity contribution in [1.82, 2.24) is 19.8 Å². The van der Waals surface area contributed by atoms with Gasteiger partial charge in [0.2, 0.25) is 0 Å². The van der Waals surface area contributed by atoms with Gasteiger partial charge in [0, 0.05) is 18.4 Å². The van der Waals surface area contributed by atoms with Crippen LogP contribution >= 0.6 is 0 Å². The maximum atomic E-state index is 12.4.